The summed E-state index contributed by atoms with van der Waals surface area (Å²) >= 11 is 5.60. The molecule has 0 spiro atoms. The first-order valence-electron chi connectivity index (χ1n) is 9.54. The van der Waals surface area contributed by atoms with E-state index in [1.165, 1.54) is 15.9 Å². The molecule has 0 aliphatic heterocycles. The summed E-state index contributed by atoms with van der Waals surface area (Å²) in [5, 5.41) is 4.19. The third kappa shape index (κ3) is 6.16. The fraction of sp³-hybridized carbons (Fsp3) is 0.0370. The molecule has 4 aromatic rings. The molecule has 0 unspecified atom stereocenters. The second kappa shape index (κ2) is 11.4. The fourth-order valence-corrected chi connectivity index (χ4v) is 5.40. The highest BCUT2D eigenvalue weighted by Crippen LogP contribution is 2.32. The smallest absolute Gasteiger partial charge is 0.0474 e. The molecular weight excluding hydrogens is 391 g/mol. The number of alkyl halides is 1. The standard InChI is InChI=1S/C18H15P.C9H9Cl/c1-4-10-16(11-5-1)19(17-12-6-2-7-13-17)18-14-8-3-9-15-18;1-2-8-3-5-9(7-10)6-4-8/h1-15H;2-6H,1,7H2. The zero-order valence-electron chi connectivity index (χ0n) is 16.3. The molecule has 144 valence electrons. The largest absolute Gasteiger partial charge is 0.122 e. The van der Waals surface area contributed by atoms with Crippen molar-refractivity contribution in [1.82, 2.24) is 0 Å². The molecule has 0 saturated carbocycles. The molecule has 0 amide bonds. The fourth-order valence-electron chi connectivity index (χ4n) is 2.92. The normalized spacial score (nSPS) is 10.1. The van der Waals surface area contributed by atoms with Gasteiger partial charge in [0.2, 0.25) is 0 Å². The average Bonchev–Trinajstić information content (AvgIpc) is 2.82. The molecule has 29 heavy (non-hydrogen) atoms. The van der Waals surface area contributed by atoms with Crippen LogP contribution in [0.25, 0.3) is 6.08 Å². The van der Waals surface area contributed by atoms with Gasteiger partial charge < -0.3 is 0 Å². The Balaban J connectivity index is 0.000000204. The lowest BCUT2D eigenvalue weighted by Gasteiger charge is -2.18. The Morgan fingerprint density at radius 3 is 1.28 bits per heavy atom. The van der Waals surface area contributed by atoms with Gasteiger partial charge in [-0.2, -0.15) is 0 Å². The Morgan fingerprint density at radius 2 is 0.966 bits per heavy atom. The molecule has 0 fully saturated rings. The summed E-state index contributed by atoms with van der Waals surface area (Å²) in [5.74, 6) is 0.581. The van der Waals surface area contributed by atoms with Crippen LogP contribution in [0.5, 0.6) is 0 Å². The lowest BCUT2D eigenvalue weighted by Crippen LogP contribution is -2.20. The molecular formula is C27H24ClP. The van der Waals surface area contributed by atoms with E-state index in [2.05, 4.69) is 97.6 Å². The van der Waals surface area contributed by atoms with Crippen LogP contribution in [0.15, 0.2) is 122 Å². The summed E-state index contributed by atoms with van der Waals surface area (Å²) in [6.07, 6.45) is 1.82. The van der Waals surface area contributed by atoms with Crippen LogP contribution in [0.2, 0.25) is 0 Å². The van der Waals surface area contributed by atoms with Gasteiger partial charge in [0.05, 0.1) is 0 Å². The first-order chi connectivity index (χ1) is 14.3. The number of hydrogen-bond donors (Lipinski definition) is 0. The molecule has 0 aliphatic carbocycles. The van der Waals surface area contributed by atoms with Crippen LogP contribution >= 0.6 is 19.5 Å². The highest BCUT2D eigenvalue weighted by atomic mass is 35.5. The van der Waals surface area contributed by atoms with Gasteiger partial charge in [-0.05, 0) is 35.0 Å². The number of rotatable bonds is 5. The third-order valence-corrected chi connectivity index (χ3v) is 7.17. The van der Waals surface area contributed by atoms with Crippen molar-refractivity contribution in [2.24, 2.45) is 0 Å². The molecule has 2 heteroatoms. The molecule has 0 N–H and O–H groups in total. The van der Waals surface area contributed by atoms with Gasteiger partial charge in [0, 0.05) is 5.88 Å². The highest BCUT2D eigenvalue weighted by molar-refractivity contribution is 7.79. The van der Waals surface area contributed by atoms with E-state index in [9.17, 15) is 0 Å². The van der Waals surface area contributed by atoms with E-state index < -0.39 is 7.92 Å². The van der Waals surface area contributed by atoms with Crippen molar-refractivity contribution in [3.05, 3.63) is 133 Å². The average molecular weight is 415 g/mol. The van der Waals surface area contributed by atoms with Gasteiger partial charge in [0.1, 0.15) is 0 Å². The van der Waals surface area contributed by atoms with Crippen molar-refractivity contribution >= 4 is 41.5 Å². The summed E-state index contributed by atoms with van der Waals surface area (Å²) in [6, 6.07) is 40.3. The highest BCUT2D eigenvalue weighted by Gasteiger charge is 2.14. The molecule has 0 radical (unpaired) electrons. The van der Waals surface area contributed by atoms with Crippen LogP contribution in [-0.4, -0.2) is 0 Å². The maximum absolute atomic E-state index is 5.60. The molecule has 4 aromatic carbocycles. The van der Waals surface area contributed by atoms with Gasteiger partial charge in [0.15, 0.2) is 0 Å². The van der Waals surface area contributed by atoms with Crippen molar-refractivity contribution in [3.8, 4) is 0 Å². The predicted octanol–water partition coefficient (Wildman–Crippen LogP) is 6.51. The minimum absolute atomic E-state index is 0.446. The summed E-state index contributed by atoms with van der Waals surface area (Å²) in [4.78, 5) is 0. The molecule has 0 heterocycles. The van der Waals surface area contributed by atoms with E-state index in [0.29, 0.717) is 5.88 Å². The van der Waals surface area contributed by atoms with E-state index in [-0.39, 0.29) is 0 Å². The van der Waals surface area contributed by atoms with Gasteiger partial charge in [-0.25, -0.2) is 0 Å². The van der Waals surface area contributed by atoms with Crippen LogP contribution in [0.3, 0.4) is 0 Å². The molecule has 0 bridgehead atoms. The lowest BCUT2D eigenvalue weighted by molar-refractivity contribution is 1.40. The SMILES string of the molecule is C=Cc1ccc(CCl)cc1.c1ccc(P(c2ccccc2)c2ccccc2)cc1. The predicted molar refractivity (Wildman–Crippen MR) is 131 cm³/mol. The summed E-state index contributed by atoms with van der Waals surface area (Å²) in [6.45, 7) is 3.65. The van der Waals surface area contributed by atoms with E-state index in [1.807, 2.05) is 30.3 Å². The Hall–Kier alpha value is -2.66. The van der Waals surface area contributed by atoms with Crippen molar-refractivity contribution in [2.75, 3.05) is 0 Å². The van der Waals surface area contributed by atoms with Gasteiger partial charge in [-0.15, -0.1) is 11.6 Å². The minimum Gasteiger partial charge on any atom is -0.122 e. The Labute approximate surface area is 180 Å². The topological polar surface area (TPSA) is 0 Å². The van der Waals surface area contributed by atoms with Crippen molar-refractivity contribution < 1.29 is 0 Å². The zero-order valence-corrected chi connectivity index (χ0v) is 17.9. The van der Waals surface area contributed by atoms with Crippen LogP contribution in [0, 0.1) is 0 Å². The Kier molecular flexibility index (Phi) is 8.25. The Bertz CT molecular complexity index is 887. The summed E-state index contributed by atoms with van der Waals surface area (Å²) in [5.41, 5.74) is 2.28. The molecule has 0 aliphatic rings. The van der Waals surface area contributed by atoms with Crippen LogP contribution < -0.4 is 15.9 Å². The summed E-state index contributed by atoms with van der Waals surface area (Å²) < 4.78 is 0. The van der Waals surface area contributed by atoms with E-state index in [4.69, 9.17) is 11.6 Å². The second-order valence-electron chi connectivity index (χ2n) is 6.42. The third-order valence-electron chi connectivity index (χ3n) is 4.41. The van der Waals surface area contributed by atoms with E-state index in [0.717, 1.165) is 11.1 Å². The van der Waals surface area contributed by atoms with Gasteiger partial charge in [0.25, 0.3) is 0 Å². The number of hydrogen-bond acceptors (Lipinski definition) is 0. The summed E-state index contributed by atoms with van der Waals surface area (Å²) in [7, 11) is -0.446. The van der Waals surface area contributed by atoms with E-state index in [1.54, 1.807) is 0 Å². The molecule has 0 saturated heterocycles. The number of benzene rings is 4. The van der Waals surface area contributed by atoms with Crippen molar-refractivity contribution in [3.63, 3.8) is 0 Å². The molecule has 0 aromatic heterocycles. The molecule has 4 rings (SSSR count). The monoisotopic (exact) mass is 414 g/mol. The van der Waals surface area contributed by atoms with Gasteiger partial charge in [-0.1, -0.05) is 128 Å². The molecule has 0 atom stereocenters. The Morgan fingerprint density at radius 1 is 0.586 bits per heavy atom. The van der Waals surface area contributed by atoms with Crippen LogP contribution in [0.4, 0.5) is 0 Å². The van der Waals surface area contributed by atoms with Gasteiger partial charge >= 0.3 is 0 Å². The van der Waals surface area contributed by atoms with Crippen LogP contribution in [-0.2, 0) is 5.88 Å². The van der Waals surface area contributed by atoms with Gasteiger partial charge in [-0.3, -0.25) is 0 Å². The first-order valence-corrected chi connectivity index (χ1v) is 11.4. The minimum atomic E-state index is -0.446. The first kappa shape index (κ1) is 21.1. The van der Waals surface area contributed by atoms with Crippen LogP contribution in [0.1, 0.15) is 11.1 Å². The zero-order chi connectivity index (χ0) is 20.3. The maximum Gasteiger partial charge on any atom is 0.0474 e. The maximum atomic E-state index is 5.60. The quantitative estimate of drug-likeness (QED) is 0.258. The molecule has 0 nitrogen and oxygen atoms in total. The lowest BCUT2D eigenvalue weighted by atomic mass is 10.1. The van der Waals surface area contributed by atoms with Crippen molar-refractivity contribution in [2.45, 2.75) is 5.88 Å². The van der Waals surface area contributed by atoms with E-state index >= 15 is 0 Å². The number of halogens is 1. The van der Waals surface area contributed by atoms with Crippen molar-refractivity contribution in [1.29, 1.82) is 0 Å². The second-order valence-corrected chi connectivity index (χ2v) is 8.91.